The molecule has 0 aromatic heterocycles. The number of hydrogen-bond donors (Lipinski definition) is 0. The third-order valence-corrected chi connectivity index (χ3v) is 3.47. The van der Waals surface area contributed by atoms with Gasteiger partial charge in [-0.2, -0.15) is 0 Å². The molecular formula is C8H11NO2S. The molecule has 0 saturated carbocycles. The lowest BCUT2D eigenvalue weighted by atomic mass is 10.2. The largest absolute Gasteiger partial charge is 0.464 e. The Hall–Kier alpha value is -0.640. The first kappa shape index (κ1) is 7.98. The zero-order valence-corrected chi connectivity index (χ0v) is 7.76. The number of thioether (sulfide) groups is 1. The molecule has 0 aliphatic carbocycles. The van der Waals surface area contributed by atoms with Crippen LogP contribution in [-0.2, 0) is 9.53 Å². The van der Waals surface area contributed by atoms with Crippen molar-refractivity contribution in [2.45, 2.75) is 11.8 Å². The molecule has 2 heterocycles. The van der Waals surface area contributed by atoms with E-state index in [1.807, 2.05) is 17.8 Å². The predicted molar refractivity (Wildman–Crippen MR) is 47.7 cm³/mol. The Kier molecular flexibility index (Phi) is 2.00. The van der Waals surface area contributed by atoms with Gasteiger partial charge in [-0.25, -0.2) is 4.79 Å². The summed E-state index contributed by atoms with van der Waals surface area (Å²) < 4.78 is 4.68. The second-order valence-electron chi connectivity index (χ2n) is 2.85. The summed E-state index contributed by atoms with van der Waals surface area (Å²) in [4.78, 5) is 13.3. The van der Waals surface area contributed by atoms with Crippen molar-refractivity contribution in [3.63, 3.8) is 0 Å². The highest BCUT2D eigenvalue weighted by Crippen LogP contribution is 2.35. The van der Waals surface area contributed by atoms with Crippen LogP contribution in [0.25, 0.3) is 0 Å². The van der Waals surface area contributed by atoms with E-state index in [1.54, 1.807) is 0 Å². The highest BCUT2D eigenvalue weighted by molar-refractivity contribution is 8.00. The first-order valence-electron chi connectivity index (χ1n) is 3.99. The number of rotatable bonds is 1. The van der Waals surface area contributed by atoms with Gasteiger partial charge in [0.1, 0.15) is 5.70 Å². The Labute approximate surface area is 75.8 Å². The molecule has 0 radical (unpaired) electrons. The van der Waals surface area contributed by atoms with Crippen LogP contribution >= 0.6 is 11.8 Å². The lowest BCUT2D eigenvalue weighted by Gasteiger charge is -2.44. The van der Waals surface area contributed by atoms with Crippen LogP contribution in [0.4, 0.5) is 0 Å². The Morgan fingerprint density at radius 1 is 1.83 bits per heavy atom. The van der Waals surface area contributed by atoms with E-state index < -0.39 is 0 Å². The summed E-state index contributed by atoms with van der Waals surface area (Å²) in [7, 11) is 1.43. The molecular weight excluding hydrogens is 174 g/mol. The van der Waals surface area contributed by atoms with Crippen molar-refractivity contribution >= 4 is 17.7 Å². The average Bonchev–Trinajstić information content (AvgIpc) is 2.05. The van der Waals surface area contributed by atoms with Crippen LogP contribution in [-0.4, -0.2) is 35.7 Å². The molecule has 0 N–H and O–H groups in total. The number of ether oxygens (including phenoxy) is 1. The van der Waals surface area contributed by atoms with Gasteiger partial charge in [-0.3, -0.25) is 0 Å². The van der Waals surface area contributed by atoms with Gasteiger partial charge < -0.3 is 9.64 Å². The summed E-state index contributed by atoms with van der Waals surface area (Å²) >= 11 is 1.89. The molecule has 0 aromatic rings. The maximum absolute atomic E-state index is 11.2. The Bertz CT molecular complexity index is 239. The molecule has 2 aliphatic heterocycles. The lowest BCUT2D eigenvalue weighted by Crippen LogP contribution is -2.48. The van der Waals surface area contributed by atoms with Gasteiger partial charge in [0, 0.05) is 12.3 Å². The molecule has 0 aromatic carbocycles. The Morgan fingerprint density at radius 3 is 3.25 bits per heavy atom. The summed E-state index contributed by atoms with van der Waals surface area (Å²) in [5, 5.41) is 0.532. The second kappa shape index (κ2) is 3.01. The lowest BCUT2D eigenvalue weighted by molar-refractivity contribution is -0.138. The maximum atomic E-state index is 11.2. The van der Waals surface area contributed by atoms with Crippen molar-refractivity contribution in [2.24, 2.45) is 0 Å². The zero-order chi connectivity index (χ0) is 8.55. The molecule has 0 amide bonds. The molecule has 66 valence electrons. The molecule has 1 atom stereocenters. The standard InChI is InChI=1S/C8H11NO2S/c1-11-8(10)6-3-5-12-7-2-4-9(6)7/h3,7H,2,4-5H2,1H3. The van der Waals surface area contributed by atoms with Crippen molar-refractivity contribution < 1.29 is 9.53 Å². The van der Waals surface area contributed by atoms with Gasteiger partial charge in [0.25, 0.3) is 0 Å². The van der Waals surface area contributed by atoms with E-state index in [9.17, 15) is 4.79 Å². The average molecular weight is 185 g/mol. The van der Waals surface area contributed by atoms with E-state index in [2.05, 4.69) is 9.64 Å². The minimum atomic E-state index is -0.194. The number of esters is 1. The SMILES string of the molecule is COC(=O)C1=CCSC2CCN12. The van der Waals surface area contributed by atoms with Gasteiger partial charge in [0.15, 0.2) is 0 Å². The summed E-state index contributed by atoms with van der Waals surface area (Å²) in [6.07, 6.45) is 3.14. The third-order valence-electron chi connectivity index (χ3n) is 2.23. The Morgan fingerprint density at radius 2 is 2.67 bits per heavy atom. The van der Waals surface area contributed by atoms with Gasteiger partial charge >= 0.3 is 5.97 Å². The van der Waals surface area contributed by atoms with Crippen molar-refractivity contribution in [1.29, 1.82) is 0 Å². The third kappa shape index (κ3) is 1.10. The van der Waals surface area contributed by atoms with Crippen LogP contribution < -0.4 is 0 Å². The van der Waals surface area contributed by atoms with Crippen LogP contribution in [0.2, 0.25) is 0 Å². The summed E-state index contributed by atoms with van der Waals surface area (Å²) in [6.45, 7) is 0.999. The normalized spacial score (nSPS) is 26.9. The van der Waals surface area contributed by atoms with Crippen LogP contribution in [0.3, 0.4) is 0 Å². The minimum Gasteiger partial charge on any atom is -0.464 e. The molecule has 1 saturated heterocycles. The van der Waals surface area contributed by atoms with Gasteiger partial charge in [-0.05, 0) is 12.5 Å². The summed E-state index contributed by atoms with van der Waals surface area (Å²) in [5.41, 5.74) is 0.757. The van der Waals surface area contributed by atoms with Crippen molar-refractivity contribution in [1.82, 2.24) is 4.90 Å². The smallest absolute Gasteiger partial charge is 0.354 e. The molecule has 2 aliphatic rings. The van der Waals surface area contributed by atoms with E-state index >= 15 is 0 Å². The number of methoxy groups -OCH3 is 1. The first-order valence-corrected chi connectivity index (χ1v) is 5.04. The fraction of sp³-hybridized carbons (Fsp3) is 0.625. The predicted octanol–water partition coefficient (Wildman–Crippen LogP) is 0.822. The minimum absolute atomic E-state index is 0.194. The van der Waals surface area contributed by atoms with Crippen molar-refractivity contribution in [2.75, 3.05) is 19.4 Å². The van der Waals surface area contributed by atoms with Gasteiger partial charge in [0.05, 0.1) is 12.5 Å². The fourth-order valence-corrected chi connectivity index (χ4v) is 2.62. The van der Waals surface area contributed by atoms with E-state index in [0.29, 0.717) is 5.37 Å². The van der Waals surface area contributed by atoms with Gasteiger partial charge in [0.2, 0.25) is 0 Å². The van der Waals surface area contributed by atoms with E-state index in [-0.39, 0.29) is 5.97 Å². The number of hydrogen-bond acceptors (Lipinski definition) is 4. The van der Waals surface area contributed by atoms with E-state index in [1.165, 1.54) is 13.5 Å². The molecule has 1 fully saturated rings. The van der Waals surface area contributed by atoms with Crippen molar-refractivity contribution in [3.05, 3.63) is 11.8 Å². The van der Waals surface area contributed by atoms with Crippen molar-refractivity contribution in [3.8, 4) is 0 Å². The van der Waals surface area contributed by atoms with Crippen LogP contribution in [0, 0.1) is 0 Å². The Balaban J connectivity index is 2.13. The summed E-state index contributed by atoms with van der Waals surface area (Å²) in [6, 6.07) is 0. The number of carbonyl (C=O) groups excluding carboxylic acids is 1. The number of fused-ring (bicyclic) bond motifs is 1. The van der Waals surface area contributed by atoms with Crippen LogP contribution in [0.5, 0.6) is 0 Å². The number of nitrogens with zero attached hydrogens (tertiary/aromatic N) is 1. The molecule has 12 heavy (non-hydrogen) atoms. The molecule has 0 bridgehead atoms. The van der Waals surface area contributed by atoms with E-state index in [4.69, 9.17) is 0 Å². The number of carbonyl (C=O) groups is 1. The molecule has 2 rings (SSSR count). The highest BCUT2D eigenvalue weighted by atomic mass is 32.2. The van der Waals surface area contributed by atoms with E-state index in [0.717, 1.165) is 18.0 Å². The maximum Gasteiger partial charge on any atom is 0.354 e. The topological polar surface area (TPSA) is 29.5 Å². The van der Waals surface area contributed by atoms with Gasteiger partial charge in [-0.15, -0.1) is 11.8 Å². The fourth-order valence-electron chi connectivity index (χ4n) is 1.47. The monoisotopic (exact) mass is 185 g/mol. The molecule has 1 unspecified atom stereocenters. The van der Waals surface area contributed by atoms with Crippen LogP contribution in [0.15, 0.2) is 11.8 Å². The quantitative estimate of drug-likeness (QED) is 0.566. The zero-order valence-electron chi connectivity index (χ0n) is 6.95. The molecule has 4 heteroatoms. The summed E-state index contributed by atoms with van der Waals surface area (Å²) in [5.74, 6) is 0.742. The molecule has 3 nitrogen and oxygen atoms in total. The van der Waals surface area contributed by atoms with Crippen LogP contribution in [0.1, 0.15) is 6.42 Å². The van der Waals surface area contributed by atoms with Gasteiger partial charge in [-0.1, -0.05) is 0 Å². The molecule has 0 spiro atoms. The second-order valence-corrected chi connectivity index (χ2v) is 4.06. The first-order chi connectivity index (χ1) is 5.83. The highest BCUT2D eigenvalue weighted by Gasteiger charge is 2.35.